The molecule has 1 heterocycles. The van der Waals surface area contributed by atoms with Gasteiger partial charge in [0.2, 0.25) is 0 Å². The first-order chi connectivity index (χ1) is 6.29. The maximum Gasteiger partial charge on any atom is 0.0441 e. The number of hydrogen-bond donors (Lipinski definition) is 1. The molecule has 0 fully saturated rings. The topological polar surface area (TPSA) is 20.2 Å². The van der Waals surface area contributed by atoms with Gasteiger partial charge in [-0.15, -0.1) is 11.8 Å². The molecule has 0 spiro atoms. The second kappa shape index (κ2) is 4.03. The van der Waals surface area contributed by atoms with Crippen molar-refractivity contribution in [3.63, 3.8) is 0 Å². The van der Waals surface area contributed by atoms with Crippen molar-refractivity contribution >= 4 is 27.7 Å². The van der Waals surface area contributed by atoms with E-state index in [1.165, 1.54) is 10.5 Å². The van der Waals surface area contributed by atoms with Crippen molar-refractivity contribution in [3.05, 3.63) is 28.2 Å². The molecule has 2 rings (SSSR count). The number of hydrogen-bond acceptors (Lipinski definition) is 2. The molecular weight excluding hydrogens is 248 g/mol. The van der Waals surface area contributed by atoms with Crippen molar-refractivity contribution in [2.24, 2.45) is 0 Å². The molecule has 1 nitrogen and oxygen atoms in total. The Bertz CT molecular complexity index is 314. The molecule has 0 saturated carbocycles. The van der Waals surface area contributed by atoms with E-state index in [4.69, 9.17) is 5.11 Å². The summed E-state index contributed by atoms with van der Waals surface area (Å²) in [6, 6.07) is 6.41. The summed E-state index contributed by atoms with van der Waals surface area (Å²) in [4.78, 5) is 1.38. The van der Waals surface area contributed by atoms with Gasteiger partial charge < -0.3 is 5.11 Å². The van der Waals surface area contributed by atoms with Crippen LogP contribution in [0.4, 0.5) is 0 Å². The quantitative estimate of drug-likeness (QED) is 0.881. The molecule has 1 atom stereocenters. The second-order valence-corrected chi connectivity index (χ2v) is 5.47. The molecule has 0 saturated heterocycles. The highest BCUT2D eigenvalue weighted by Crippen LogP contribution is 2.39. The van der Waals surface area contributed by atoms with E-state index in [2.05, 4.69) is 34.1 Å². The summed E-state index contributed by atoms with van der Waals surface area (Å²) in [5.41, 5.74) is 1.41. The Morgan fingerprint density at radius 2 is 2.38 bits per heavy atom. The highest BCUT2D eigenvalue weighted by atomic mass is 79.9. The summed E-state index contributed by atoms with van der Waals surface area (Å²) >= 11 is 5.35. The van der Waals surface area contributed by atoms with Crippen LogP contribution in [-0.4, -0.2) is 17.0 Å². The Morgan fingerprint density at radius 1 is 1.54 bits per heavy atom. The van der Waals surface area contributed by atoms with Crippen LogP contribution in [0.5, 0.6) is 0 Å². The van der Waals surface area contributed by atoms with E-state index in [1.807, 2.05) is 11.8 Å². The highest BCUT2D eigenvalue weighted by Gasteiger charge is 2.21. The van der Waals surface area contributed by atoms with Gasteiger partial charge in [0, 0.05) is 21.2 Å². The molecule has 0 amide bonds. The van der Waals surface area contributed by atoms with Gasteiger partial charge in [-0.2, -0.15) is 0 Å². The molecule has 1 aromatic carbocycles. The minimum atomic E-state index is 0.298. The van der Waals surface area contributed by atoms with Crippen molar-refractivity contribution in [2.75, 3.05) is 6.61 Å². The van der Waals surface area contributed by atoms with E-state index in [9.17, 15) is 0 Å². The normalized spacial score (nSPS) is 20.3. The first kappa shape index (κ1) is 9.56. The van der Waals surface area contributed by atoms with Crippen molar-refractivity contribution in [2.45, 2.75) is 23.0 Å². The number of aliphatic hydroxyl groups excluding tert-OH is 1. The molecule has 1 aliphatic rings. The smallest absolute Gasteiger partial charge is 0.0441 e. The summed E-state index contributed by atoms with van der Waals surface area (Å²) in [5.74, 6) is 0. The van der Waals surface area contributed by atoms with Crippen LogP contribution < -0.4 is 0 Å². The van der Waals surface area contributed by atoms with Crippen molar-refractivity contribution in [1.82, 2.24) is 0 Å². The molecule has 13 heavy (non-hydrogen) atoms. The number of halogens is 1. The molecule has 0 aromatic heterocycles. The number of benzene rings is 1. The van der Waals surface area contributed by atoms with Gasteiger partial charge in [0.05, 0.1) is 0 Å². The molecule has 70 valence electrons. The fourth-order valence-corrected chi connectivity index (χ4v) is 3.29. The zero-order valence-corrected chi connectivity index (χ0v) is 9.57. The van der Waals surface area contributed by atoms with Gasteiger partial charge in [-0.25, -0.2) is 0 Å². The number of fused-ring (bicyclic) bond motifs is 1. The summed E-state index contributed by atoms with van der Waals surface area (Å²) in [5, 5.41) is 9.42. The van der Waals surface area contributed by atoms with Gasteiger partial charge in [0.25, 0.3) is 0 Å². The van der Waals surface area contributed by atoms with Crippen LogP contribution in [0, 0.1) is 0 Å². The first-order valence-corrected chi connectivity index (χ1v) is 6.03. The minimum Gasteiger partial charge on any atom is -0.396 e. The summed E-state index contributed by atoms with van der Waals surface area (Å²) in [6.07, 6.45) is 2.00. The van der Waals surface area contributed by atoms with Gasteiger partial charge in [0.1, 0.15) is 0 Å². The lowest BCUT2D eigenvalue weighted by Crippen LogP contribution is -2.02. The van der Waals surface area contributed by atoms with Crippen LogP contribution in [0.2, 0.25) is 0 Å². The Hall–Kier alpha value is 0.01000. The predicted molar refractivity (Wildman–Crippen MR) is 59.2 cm³/mol. The van der Waals surface area contributed by atoms with Crippen LogP contribution in [0.1, 0.15) is 12.0 Å². The monoisotopic (exact) mass is 258 g/mol. The lowest BCUT2D eigenvalue weighted by Gasteiger charge is -2.03. The van der Waals surface area contributed by atoms with Gasteiger partial charge in [0.15, 0.2) is 0 Å². The second-order valence-electron chi connectivity index (χ2n) is 3.21. The molecule has 1 aliphatic heterocycles. The van der Waals surface area contributed by atoms with Crippen LogP contribution in [0.3, 0.4) is 0 Å². The average molecular weight is 259 g/mol. The molecule has 0 radical (unpaired) electrons. The molecule has 1 unspecified atom stereocenters. The van der Waals surface area contributed by atoms with E-state index in [0.717, 1.165) is 17.3 Å². The van der Waals surface area contributed by atoms with E-state index in [0.29, 0.717) is 11.9 Å². The van der Waals surface area contributed by atoms with Gasteiger partial charge in [-0.3, -0.25) is 0 Å². The molecule has 0 bridgehead atoms. The molecular formula is C10H11BrOS. The van der Waals surface area contributed by atoms with Gasteiger partial charge in [-0.1, -0.05) is 15.9 Å². The number of aliphatic hydroxyl groups is 1. The maximum absolute atomic E-state index is 8.84. The zero-order valence-electron chi connectivity index (χ0n) is 7.16. The molecule has 3 heteroatoms. The number of thioether (sulfide) groups is 1. The average Bonchev–Trinajstić information content (AvgIpc) is 2.46. The first-order valence-electron chi connectivity index (χ1n) is 4.35. The van der Waals surface area contributed by atoms with Crippen LogP contribution in [0.25, 0.3) is 0 Å². The highest BCUT2D eigenvalue weighted by molar-refractivity contribution is 9.10. The third kappa shape index (κ3) is 2.09. The van der Waals surface area contributed by atoms with E-state index in [-0.39, 0.29) is 0 Å². The van der Waals surface area contributed by atoms with E-state index >= 15 is 0 Å². The Kier molecular flexibility index (Phi) is 2.96. The Balaban J connectivity index is 2.16. The fourth-order valence-electron chi connectivity index (χ4n) is 1.59. The van der Waals surface area contributed by atoms with Crippen LogP contribution in [-0.2, 0) is 6.42 Å². The Morgan fingerprint density at radius 3 is 3.15 bits per heavy atom. The van der Waals surface area contributed by atoms with Crippen molar-refractivity contribution in [1.29, 1.82) is 0 Å². The largest absolute Gasteiger partial charge is 0.396 e. The standard InChI is InChI=1S/C10H11BrOS/c11-8-1-2-10-7(5-8)6-9(13-10)3-4-12/h1-2,5,9,12H,3-4,6H2. The van der Waals surface area contributed by atoms with Gasteiger partial charge >= 0.3 is 0 Å². The third-order valence-corrected chi connectivity index (χ3v) is 4.10. The summed E-state index contributed by atoms with van der Waals surface area (Å²) in [6.45, 7) is 0.298. The summed E-state index contributed by atoms with van der Waals surface area (Å²) < 4.78 is 1.15. The fraction of sp³-hybridized carbons (Fsp3) is 0.400. The SMILES string of the molecule is OCCC1Cc2cc(Br)ccc2S1. The molecule has 1 N–H and O–H groups in total. The Labute approximate surface area is 90.7 Å². The molecule has 0 aliphatic carbocycles. The lowest BCUT2D eigenvalue weighted by molar-refractivity contribution is 0.287. The van der Waals surface area contributed by atoms with E-state index in [1.54, 1.807) is 0 Å². The van der Waals surface area contributed by atoms with Crippen molar-refractivity contribution < 1.29 is 5.11 Å². The van der Waals surface area contributed by atoms with Gasteiger partial charge in [-0.05, 0) is 36.6 Å². The number of rotatable bonds is 2. The van der Waals surface area contributed by atoms with Crippen molar-refractivity contribution in [3.8, 4) is 0 Å². The van der Waals surface area contributed by atoms with Crippen LogP contribution >= 0.6 is 27.7 Å². The minimum absolute atomic E-state index is 0.298. The lowest BCUT2D eigenvalue weighted by atomic mass is 10.1. The van der Waals surface area contributed by atoms with Crippen LogP contribution in [0.15, 0.2) is 27.6 Å². The maximum atomic E-state index is 8.84. The molecule has 1 aromatic rings. The third-order valence-electron chi connectivity index (χ3n) is 2.21. The summed E-state index contributed by atoms with van der Waals surface area (Å²) in [7, 11) is 0. The zero-order chi connectivity index (χ0) is 9.26. The van der Waals surface area contributed by atoms with E-state index < -0.39 is 0 Å². The predicted octanol–water partition coefficient (Wildman–Crippen LogP) is 2.85.